The Morgan fingerprint density at radius 2 is 1.80 bits per heavy atom. The predicted molar refractivity (Wildman–Crippen MR) is 98.0 cm³/mol. The van der Waals surface area contributed by atoms with Crippen LogP contribution < -0.4 is 16.0 Å². The van der Waals surface area contributed by atoms with Crippen LogP contribution >= 0.6 is 0 Å². The molecule has 0 unspecified atom stereocenters. The largest absolute Gasteiger partial charge is 0.351 e. The Hall–Kier alpha value is -2.66. The van der Waals surface area contributed by atoms with Gasteiger partial charge in [-0.05, 0) is 36.1 Å². The van der Waals surface area contributed by atoms with E-state index in [0.717, 1.165) is 29.8 Å². The van der Waals surface area contributed by atoms with E-state index in [1.807, 2.05) is 54.6 Å². The summed E-state index contributed by atoms with van der Waals surface area (Å²) in [6, 6.07) is 16.9. The van der Waals surface area contributed by atoms with Crippen molar-refractivity contribution in [1.29, 1.82) is 0 Å². The molecule has 1 aliphatic rings. The molecule has 1 aliphatic heterocycles. The zero-order valence-corrected chi connectivity index (χ0v) is 14.2. The number of hydrogen-bond donors (Lipinski definition) is 2. The van der Waals surface area contributed by atoms with Gasteiger partial charge in [-0.1, -0.05) is 42.5 Å². The highest BCUT2D eigenvalue weighted by atomic mass is 16.2. The lowest BCUT2D eigenvalue weighted by atomic mass is 10.1. The minimum Gasteiger partial charge on any atom is -0.351 e. The number of benzene rings is 2. The third kappa shape index (κ3) is 4.45. The summed E-state index contributed by atoms with van der Waals surface area (Å²) in [5.41, 5.74) is 8.92. The van der Waals surface area contributed by atoms with Crippen molar-refractivity contribution >= 4 is 17.5 Å². The van der Waals surface area contributed by atoms with Gasteiger partial charge in [0.15, 0.2) is 0 Å². The Labute approximate surface area is 147 Å². The zero-order valence-electron chi connectivity index (χ0n) is 14.2. The van der Waals surface area contributed by atoms with Gasteiger partial charge in [0.25, 0.3) is 0 Å². The fraction of sp³-hybridized carbons (Fsp3) is 0.300. The molecule has 2 aromatic rings. The summed E-state index contributed by atoms with van der Waals surface area (Å²) in [5.74, 6) is 0.00980. The van der Waals surface area contributed by atoms with Gasteiger partial charge in [-0.15, -0.1) is 0 Å². The number of amides is 2. The number of nitrogens with one attached hydrogen (secondary N) is 1. The molecular weight excluding hydrogens is 314 g/mol. The molecule has 1 fully saturated rings. The summed E-state index contributed by atoms with van der Waals surface area (Å²) in [6.07, 6.45) is 2.05. The lowest BCUT2D eigenvalue weighted by molar-refractivity contribution is -0.122. The van der Waals surface area contributed by atoms with Gasteiger partial charge in [0.1, 0.15) is 0 Å². The van der Waals surface area contributed by atoms with Crippen molar-refractivity contribution in [1.82, 2.24) is 5.32 Å². The molecule has 5 heteroatoms. The number of carbonyl (C=O) groups excluding carboxylic acids is 2. The lowest BCUT2D eigenvalue weighted by Crippen LogP contribution is -2.41. The van der Waals surface area contributed by atoms with E-state index >= 15 is 0 Å². The van der Waals surface area contributed by atoms with Gasteiger partial charge in [-0.2, -0.15) is 0 Å². The minimum absolute atomic E-state index is 0.164. The standard InChI is InChI=1S/C20H23N3O2/c21-18(13-15-5-2-1-3-6-15)20(25)22-14-16-8-10-17(11-9-16)23-12-4-7-19(23)24/h1-3,5-6,8-11,18H,4,7,12-14,21H2,(H,22,25)/t18-/m0/s1. The second-order valence-electron chi connectivity index (χ2n) is 6.33. The van der Waals surface area contributed by atoms with Crippen LogP contribution in [0.1, 0.15) is 24.0 Å². The number of nitrogens with two attached hydrogens (primary N) is 1. The maximum atomic E-state index is 12.2. The average molecular weight is 337 g/mol. The van der Waals surface area contributed by atoms with E-state index in [1.54, 1.807) is 4.90 Å². The van der Waals surface area contributed by atoms with E-state index in [-0.39, 0.29) is 11.8 Å². The van der Waals surface area contributed by atoms with Gasteiger partial charge < -0.3 is 16.0 Å². The molecule has 0 saturated carbocycles. The molecule has 5 nitrogen and oxygen atoms in total. The first kappa shape index (κ1) is 17.2. The average Bonchev–Trinajstić information content (AvgIpc) is 3.07. The second kappa shape index (κ2) is 7.94. The third-order valence-electron chi connectivity index (χ3n) is 4.42. The van der Waals surface area contributed by atoms with Crippen LogP contribution in [-0.2, 0) is 22.6 Å². The third-order valence-corrected chi connectivity index (χ3v) is 4.42. The zero-order chi connectivity index (χ0) is 17.6. The summed E-state index contributed by atoms with van der Waals surface area (Å²) in [4.78, 5) is 25.7. The van der Waals surface area contributed by atoms with Crippen LogP contribution in [0.25, 0.3) is 0 Å². The highest BCUT2D eigenvalue weighted by Crippen LogP contribution is 2.21. The lowest BCUT2D eigenvalue weighted by Gasteiger charge is -2.16. The Morgan fingerprint density at radius 1 is 1.08 bits per heavy atom. The first-order valence-corrected chi connectivity index (χ1v) is 8.60. The van der Waals surface area contributed by atoms with Gasteiger partial charge in [0, 0.05) is 25.2 Å². The van der Waals surface area contributed by atoms with Crippen molar-refractivity contribution in [2.45, 2.75) is 31.8 Å². The number of rotatable bonds is 6. The smallest absolute Gasteiger partial charge is 0.237 e. The first-order chi connectivity index (χ1) is 12.1. The Balaban J connectivity index is 1.51. The van der Waals surface area contributed by atoms with Crippen LogP contribution in [0.15, 0.2) is 54.6 Å². The number of anilines is 1. The normalized spacial score (nSPS) is 15.2. The topological polar surface area (TPSA) is 75.4 Å². The molecule has 3 rings (SSSR count). The molecule has 130 valence electrons. The molecule has 1 atom stereocenters. The van der Waals surface area contributed by atoms with Crippen LogP contribution in [-0.4, -0.2) is 24.4 Å². The van der Waals surface area contributed by atoms with Crippen molar-refractivity contribution in [3.8, 4) is 0 Å². The molecule has 2 amide bonds. The van der Waals surface area contributed by atoms with Gasteiger partial charge >= 0.3 is 0 Å². The van der Waals surface area contributed by atoms with Crippen LogP contribution in [0.5, 0.6) is 0 Å². The molecule has 0 radical (unpaired) electrons. The van der Waals surface area contributed by atoms with Gasteiger partial charge in [0.2, 0.25) is 11.8 Å². The van der Waals surface area contributed by atoms with Crippen LogP contribution in [0.2, 0.25) is 0 Å². The molecule has 25 heavy (non-hydrogen) atoms. The fourth-order valence-corrected chi connectivity index (χ4v) is 3.00. The van der Waals surface area contributed by atoms with E-state index in [0.29, 0.717) is 19.4 Å². The van der Waals surface area contributed by atoms with Gasteiger partial charge in [0.05, 0.1) is 6.04 Å². The maximum absolute atomic E-state index is 12.2. The summed E-state index contributed by atoms with van der Waals surface area (Å²) < 4.78 is 0. The quantitative estimate of drug-likeness (QED) is 0.846. The van der Waals surface area contributed by atoms with Crippen LogP contribution in [0.4, 0.5) is 5.69 Å². The summed E-state index contributed by atoms with van der Waals surface area (Å²) in [5, 5.41) is 2.87. The first-order valence-electron chi connectivity index (χ1n) is 8.60. The van der Waals surface area contributed by atoms with E-state index in [2.05, 4.69) is 5.32 Å². The van der Waals surface area contributed by atoms with Crippen molar-refractivity contribution < 1.29 is 9.59 Å². The summed E-state index contributed by atoms with van der Waals surface area (Å²) in [6.45, 7) is 1.21. The van der Waals surface area contributed by atoms with Crippen molar-refractivity contribution in [3.63, 3.8) is 0 Å². The van der Waals surface area contributed by atoms with Crippen LogP contribution in [0.3, 0.4) is 0 Å². The van der Waals surface area contributed by atoms with Crippen molar-refractivity contribution in [2.75, 3.05) is 11.4 Å². The number of carbonyl (C=O) groups is 2. The van der Waals surface area contributed by atoms with E-state index < -0.39 is 6.04 Å². The Bertz CT molecular complexity index is 728. The summed E-state index contributed by atoms with van der Waals surface area (Å²) >= 11 is 0. The monoisotopic (exact) mass is 337 g/mol. The Morgan fingerprint density at radius 3 is 2.44 bits per heavy atom. The van der Waals surface area contributed by atoms with E-state index in [4.69, 9.17) is 5.73 Å². The second-order valence-corrected chi connectivity index (χ2v) is 6.33. The molecule has 2 aromatic carbocycles. The highest BCUT2D eigenvalue weighted by Gasteiger charge is 2.21. The molecule has 3 N–H and O–H groups in total. The summed E-state index contributed by atoms with van der Waals surface area (Å²) in [7, 11) is 0. The van der Waals surface area contributed by atoms with Crippen LogP contribution in [0, 0.1) is 0 Å². The van der Waals surface area contributed by atoms with Gasteiger partial charge in [-0.25, -0.2) is 0 Å². The molecule has 0 aromatic heterocycles. The molecular formula is C20H23N3O2. The van der Waals surface area contributed by atoms with E-state index in [1.165, 1.54) is 0 Å². The van der Waals surface area contributed by atoms with Crippen molar-refractivity contribution in [2.24, 2.45) is 5.73 Å². The molecule has 1 saturated heterocycles. The highest BCUT2D eigenvalue weighted by molar-refractivity contribution is 5.95. The Kier molecular flexibility index (Phi) is 5.46. The van der Waals surface area contributed by atoms with Crippen molar-refractivity contribution in [3.05, 3.63) is 65.7 Å². The fourth-order valence-electron chi connectivity index (χ4n) is 3.00. The predicted octanol–water partition coefficient (Wildman–Crippen LogP) is 2.00. The SMILES string of the molecule is N[C@@H](Cc1ccccc1)C(=O)NCc1ccc(N2CCCC2=O)cc1. The number of nitrogens with zero attached hydrogens (tertiary/aromatic N) is 1. The molecule has 1 heterocycles. The molecule has 0 bridgehead atoms. The molecule has 0 aliphatic carbocycles. The molecule has 0 spiro atoms. The van der Waals surface area contributed by atoms with Gasteiger partial charge in [-0.3, -0.25) is 9.59 Å². The minimum atomic E-state index is -0.566. The maximum Gasteiger partial charge on any atom is 0.237 e. The number of hydrogen-bond acceptors (Lipinski definition) is 3. The van der Waals surface area contributed by atoms with E-state index in [9.17, 15) is 9.59 Å².